The molecule has 0 aliphatic heterocycles. The van der Waals surface area contributed by atoms with Crippen LogP contribution in [0.2, 0.25) is 0 Å². The summed E-state index contributed by atoms with van der Waals surface area (Å²) in [4.78, 5) is 24.2. The summed E-state index contributed by atoms with van der Waals surface area (Å²) in [7, 11) is 1.51. The van der Waals surface area contributed by atoms with Crippen LogP contribution in [0.4, 0.5) is 26.1 Å². The Bertz CT molecular complexity index is 910. The van der Waals surface area contributed by atoms with E-state index < -0.39 is 23.9 Å². The van der Waals surface area contributed by atoms with E-state index >= 15 is 0 Å². The molecule has 11 heteroatoms. The lowest BCUT2D eigenvalue weighted by Crippen LogP contribution is -2.55. The number of ether oxygens (including phenoxy) is 1. The number of alkyl halides is 2. The molecule has 3 rings (SSSR count). The molecule has 2 heterocycles. The topological polar surface area (TPSA) is 141 Å². The number of anilines is 3. The third-order valence-electron chi connectivity index (χ3n) is 4.77. The second-order valence-electron chi connectivity index (χ2n) is 6.92. The molecular formula is C18H23F2N7O2. The fourth-order valence-electron chi connectivity index (χ4n) is 3.26. The van der Waals surface area contributed by atoms with Crippen molar-refractivity contribution in [2.75, 3.05) is 17.7 Å². The predicted octanol–water partition coefficient (Wildman–Crippen LogP) is 1.96. The van der Waals surface area contributed by atoms with E-state index in [9.17, 15) is 13.6 Å². The zero-order valence-corrected chi connectivity index (χ0v) is 16.1. The van der Waals surface area contributed by atoms with Crippen molar-refractivity contribution >= 4 is 23.2 Å². The molecule has 0 aromatic carbocycles. The molecule has 0 bridgehead atoms. The molecule has 156 valence electrons. The number of carbonyl (C=O) groups is 1. The molecule has 1 aliphatic rings. The molecule has 2 aromatic rings. The molecule has 2 unspecified atom stereocenters. The Morgan fingerprint density at radius 3 is 2.76 bits per heavy atom. The number of nitrogens with zero attached hydrogens (tertiary/aromatic N) is 3. The molecule has 29 heavy (non-hydrogen) atoms. The Kier molecular flexibility index (Phi) is 5.78. The lowest BCUT2D eigenvalue weighted by molar-refractivity contribution is -0.0554. The van der Waals surface area contributed by atoms with Gasteiger partial charge >= 0.3 is 0 Å². The molecule has 9 nitrogen and oxygen atoms in total. The van der Waals surface area contributed by atoms with E-state index in [0.717, 1.165) is 5.56 Å². The molecule has 0 spiro atoms. The van der Waals surface area contributed by atoms with Gasteiger partial charge in [-0.05, 0) is 25.8 Å². The maximum Gasteiger partial charge on any atom is 0.271 e. The SMILES string of the molecule is COc1ncc(Nc2nc(NC3CCCC(F)(F)C3N)cnc2C(N)=O)cc1C. The van der Waals surface area contributed by atoms with E-state index in [-0.39, 0.29) is 23.8 Å². The standard InChI is InChI=1S/C18H23F2N7O2/c1-9-6-10(7-24-17(9)29-2)25-16-13(15(22)28)23-8-12(27-16)26-11-4-3-5-18(19,20)14(11)21/h6-8,11,14H,3-5,21H2,1-2H3,(H2,22,28)(H2,25,26,27). The lowest BCUT2D eigenvalue weighted by Gasteiger charge is -2.36. The van der Waals surface area contributed by atoms with Crippen molar-refractivity contribution in [2.45, 2.75) is 44.2 Å². The fraction of sp³-hybridized carbons (Fsp3) is 0.444. The predicted molar refractivity (Wildman–Crippen MR) is 104 cm³/mol. The zero-order valence-electron chi connectivity index (χ0n) is 16.1. The van der Waals surface area contributed by atoms with Gasteiger partial charge in [-0.15, -0.1) is 0 Å². The van der Waals surface area contributed by atoms with Gasteiger partial charge in [0.2, 0.25) is 5.88 Å². The monoisotopic (exact) mass is 407 g/mol. The van der Waals surface area contributed by atoms with Gasteiger partial charge in [-0.1, -0.05) is 0 Å². The molecular weight excluding hydrogens is 384 g/mol. The van der Waals surface area contributed by atoms with Crippen LogP contribution in [0.15, 0.2) is 18.5 Å². The highest BCUT2D eigenvalue weighted by Crippen LogP contribution is 2.34. The number of primary amides is 1. The summed E-state index contributed by atoms with van der Waals surface area (Å²) >= 11 is 0. The van der Waals surface area contributed by atoms with Crippen molar-refractivity contribution in [1.82, 2.24) is 15.0 Å². The fourth-order valence-corrected chi connectivity index (χ4v) is 3.26. The number of aromatic nitrogens is 3. The van der Waals surface area contributed by atoms with E-state index in [1.807, 2.05) is 0 Å². The van der Waals surface area contributed by atoms with Crippen LogP contribution in [0.3, 0.4) is 0 Å². The second kappa shape index (κ2) is 8.11. The Labute approximate surface area is 166 Å². The number of carbonyl (C=O) groups excluding carboxylic acids is 1. The van der Waals surface area contributed by atoms with Crippen LogP contribution in [0.25, 0.3) is 0 Å². The van der Waals surface area contributed by atoms with Gasteiger partial charge in [0.25, 0.3) is 11.8 Å². The van der Waals surface area contributed by atoms with Crippen molar-refractivity contribution in [3.8, 4) is 5.88 Å². The number of aryl methyl sites for hydroxylation is 1. The summed E-state index contributed by atoms with van der Waals surface area (Å²) in [5.41, 5.74) is 12.3. The van der Waals surface area contributed by atoms with Gasteiger partial charge in [-0.3, -0.25) is 4.79 Å². The first-order valence-electron chi connectivity index (χ1n) is 9.05. The lowest BCUT2D eigenvalue weighted by atomic mass is 9.87. The first kappa shape index (κ1) is 20.6. The van der Waals surface area contributed by atoms with E-state index in [0.29, 0.717) is 24.4 Å². The number of halogens is 2. The van der Waals surface area contributed by atoms with Crippen LogP contribution in [-0.4, -0.2) is 46.0 Å². The summed E-state index contributed by atoms with van der Waals surface area (Å²) in [6, 6.07) is -0.278. The third-order valence-corrected chi connectivity index (χ3v) is 4.77. The van der Waals surface area contributed by atoms with Crippen LogP contribution in [0, 0.1) is 6.92 Å². The van der Waals surface area contributed by atoms with Gasteiger partial charge in [-0.25, -0.2) is 23.7 Å². The number of hydrogen-bond donors (Lipinski definition) is 4. The minimum atomic E-state index is -2.95. The minimum absolute atomic E-state index is 0.0741. The number of pyridine rings is 1. The summed E-state index contributed by atoms with van der Waals surface area (Å²) in [5, 5.41) is 5.84. The maximum atomic E-state index is 13.9. The van der Waals surface area contributed by atoms with E-state index in [4.69, 9.17) is 16.2 Å². The molecule has 1 saturated carbocycles. The highest BCUT2D eigenvalue weighted by molar-refractivity contribution is 5.96. The molecule has 2 aromatic heterocycles. The smallest absolute Gasteiger partial charge is 0.271 e. The van der Waals surface area contributed by atoms with Gasteiger partial charge in [0, 0.05) is 18.0 Å². The van der Waals surface area contributed by atoms with E-state index in [1.165, 1.54) is 19.5 Å². The van der Waals surface area contributed by atoms with Crippen molar-refractivity contribution in [3.05, 3.63) is 29.7 Å². The van der Waals surface area contributed by atoms with Crippen LogP contribution < -0.4 is 26.8 Å². The summed E-state index contributed by atoms with van der Waals surface area (Å²) in [5.74, 6) is -3.01. The van der Waals surface area contributed by atoms with E-state index in [2.05, 4.69) is 25.6 Å². The molecule has 1 amide bonds. The normalized spacial score (nSPS) is 20.7. The third kappa shape index (κ3) is 4.50. The van der Waals surface area contributed by atoms with Gasteiger partial charge < -0.3 is 26.8 Å². The van der Waals surface area contributed by atoms with Gasteiger partial charge in [0.05, 0.1) is 31.2 Å². The molecule has 2 atom stereocenters. The Morgan fingerprint density at radius 2 is 2.10 bits per heavy atom. The number of hydrogen-bond acceptors (Lipinski definition) is 8. The first-order chi connectivity index (χ1) is 13.7. The van der Waals surface area contributed by atoms with Crippen LogP contribution in [-0.2, 0) is 0 Å². The van der Waals surface area contributed by atoms with Gasteiger partial charge in [-0.2, -0.15) is 0 Å². The van der Waals surface area contributed by atoms with Crippen molar-refractivity contribution in [2.24, 2.45) is 11.5 Å². The summed E-state index contributed by atoms with van der Waals surface area (Å²) < 4.78 is 32.9. The average molecular weight is 407 g/mol. The van der Waals surface area contributed by atoms with Gasteiger partial charge in [0.15, 0.2) is 11.5 Å². The highest BCUT2D eigenvalue weighted by Gasteiger charge is 2.44. The van der Waals surface area contributed by atoms with Crippen LogP contribution >= 0.6 is 0 Å². The number of methoxy groups -OCH3 is 1. The van der Waals surface area contributed by atoms with Crippen molar-refractivity contribution in [1.29, 1.82) is 0 Å². The number of nitrogens with two attached hydrogens (primary N) is 2. The molecule has 0 saturated heterocycles. The largest absolute Gasteiger partial charge is 0.481 e. The minimum Gasteiger partial charge on any atom is -0.481 e. The quantitative estimate of drug-likeness (QED) is 0.569. The molecule has 0 radical (unpaired) electrons. The molecule has 1 fully saturated rings. The van der Waals surface area contributed by atoms with Crippen molar-refractivity contribution in [3.63, 3.8) is 0 Å². The highest BCUT2D eigenvalue weighted by atomic mass is 19.3. The van der Waals surface area contributed by atoms with E-state index in [1.54, 1.807) is 13.0 Å². The number of nitrogens with one attached hydrogen (secondary N) is 2. The Hall–Kier alpha value is -3.08. The average Bonchev–Trinajstić information content (AvgIpc) is 2.65. The zero-order chi connectivity index (χ0) is 21.2. The van der Waals surface area contributed by atoms with Crippen molar-refractivity contribution < 1.29 is 18.3 Å². The first-order valence-corrected chi connectivity index (χ1v) is 9.05. The number of amides is 1. The Balaban J connectivity index is 1.86. The Morgan fingerprint density at radius 1 is 1.34 bits per heavy atom. The van der Waals surface area contributed by atoms with Gasteiger partial charge in [0.1, 0.15) is 5.82 Å². The summed E-state index contributed by atoms with van der Waals surface area (Å²) in [6.07, 6.45) is 3.33. The van der Waals surface area contributed by atoms with Crippen LogP contribution in [0.5, 0.6) is 5.88 Å². The van der Waals surface area contributed by atoms with Crippen LogP contribution in [0.1, 0.15) is 35.3 Å². The second-order valence-corrected chi connectivity index (χ2v) is 6.92. The molecule has 1 aliphatic carbocycles. The molecule has 6 N–H and O–H groups in total. The maximum absolute atomic E-state index is 13.9. The summed E-state index contributed by atoms with van der Waals surface area (Å²) in [6.45, 7) is 1.81. The number of rotatable bonds is 6.